The van der Waals surface area contributed by atoms with E-state index in [4.69, 9.17) is 4.74 Å². The molecule has 0 aliphatic heterocycles. The van der Waals surface area contributed by atoms with Crippen LogP contribution in [0.15, 0.2) is 30.3 Å². The van der Waals surface area contributed by atoms with Crippen molar-refractivity contribution in [1.82, 2.24) is 0 Å². The third kappa shape index (κ3) is 3.62. The number of hydrogen-bond acceptors (Lipinski definition) is 3. The van der Waals surface area contributed by atoms with Crippen molar-refractivity contribution in [1.29, 1.82) is 0 Å². The van der Waals surface area contributed by atoms with Crippen LogP contribution in [0.25, 0.3) is 0 Å². The summed E-state index contributed by atoms with van der Waals surface area (Å²) in [5, 5.41) is 18.6. The molecule has 0 bridgehead atoms. The summed E-state index contributed by atoms with van der Waals surface area (Å²) in [6.07, 6.45) is 0. The Kier molecular flexibility index (Phi) is 4.65. The van der Waals surface area contributed by atoms with Gasteiger partial charge in [0.25, 0.3) is 0 Å². The van der Waals surface area contributed by atoms with E-state index in [0.717, 1.165) is 22.8 Å². The first-order valence-corrected chi connectivity index (χ1v) is 6.73. The standard InChI is InChI=1S/C16H18BFO3/c1-10-6-11(2)14(12(3)7-10)9-21-16-5-4-13(18)8-15(16)17(19)20/h4-8,19-20H,9H2,1-3H3. The van der Waals surface area contributed by atoms with Crippen LogP contribution in [0.4, 0.5) is 4.39 Å². The van der Waals surface area contributed by atoms with Crippen LogP contribution in [0.1, 0.15) is 22.3 Å². The number of rotatable bonds is 4. The quantitative estimate of drug-likeness (QED) is 0.846. The Morgan fingerprint density at radius 3 is 2.24 bits per heavy atom. The zero-order chi connectivity index (χ0) is 15.6. The Morgan fingerprint density at radius 2 is 1.67 bits per heavy atom. The summed E-state index contributed by atoms with van der Waals surface area (Å²) in [6, 6.07) is 7.84. The van der Waals surface area contributed by atoms with Crippen LogP contribution >= 0.6 is 0 Å². The van der Waals surface area contributed by atoms with Gasteiger partial charge in [0.2, 0.25) is 0 Å². The summed E-state index contributed by atoms with van der Waals surface area (Å²) < 4.78 is 18.8. The lowest BCUT2D eigenvalue weighted by Gasteiger charge is -2.15. The summed E-state index contributed by atoms with van der Waals surface area (Å²) in [7, 11) is -1.77. The lowest BCUT2D eigenvalue weighted by molar-refractivity contribution is 0.304. The zero-order valence-electron chi connectivity index (χ0n) is 12.4. The summed E-state index contributed by atoms with van der Waals surface area (Å²) >= 11 is 0. The highest BCUT2D eigenvalue weighted by Gasteiger charge is 2.18. The van der Waals surface area contributed by atoms with Crippen molar-refractivity contribution in [3.8, 4) is 5.75 Å². The molecule has 2 aromatic carbocycles. The van der Waals surface area contributed by atoms with Gasteiger partial charge in [-0.2, -0.15) is 0 Å². The molecule has 0 fully saturated rings. The van der Waals surface area contributed by atoms with Gasteiger partial charge in [0.15, 0.2) is 0 Å². The van der Waals surface area contributed by atoms with Crippen molar-refractivity contribution in [3.05, 3.63) is 58.4 Å². The Hall–Kier alpha value is -1.85. The third-order valence-electron chi connectivity index (χ3n) is 3.46. The van der Waals surface area contributed by atoms with Crippen LogP contribution in [0, 0.1) is 26.6 Å². The van der Waals surface area contributed by atoms with E-state index in [-0.39, 0.29) is 11.2 Å². The maximum absolute atomic E-state index is 13.2. The smallest absolute Gasteiger partial charge is 0.489 e. The molecule has 0 heterocycles. The number of aryl methyl sites for hydroxylation is 3. The van der Waals surface area contributed by atoms with Gasteiger partial charge in [0.05, 0.1) is 0 Å². The predicted octanol–water partition coefficient (Wildman–Crippen LogP) is 2.01. The molecule has 0 saturated carbocycles. The largest absolute Gasteiger partial charge is 0.492 e. The average Bonchev–Trinajstić information content (AvgIpc) is 2.38. The Bertz CT molecular complexity index is 633. The minimum Gasteiger partial charge on any atom is -0.489 e. The van der Waals surface area contributed by atoms with E-state index >= 15 is 0 Å². The van der Waals surface area contributed by atoms with Crippen LogP contribution in [0.3, 0.4) is 0 Å². The number of benzene rings is 2. The van der Waals surface area contributed by atoms with E-state index < -0.39 is 12.9 Å². The third-order valence-corrected chi connectivity index (χ3v) is 3.46. The molecule has 2 aromatic rings. The molecule has 5 heteroatoms. The van der Waals surface area contributed by atoms with E-state index in [9.17, 15) is 14.4 Å². The molecule has 110 valence electrons. The monoisotopic (exact) mass is 288 g/mol. The number of ether oxygens (including phenoxy) is 1. The summed E-state index contributed by atoms with van der Waals surface area (Å²) in [5.41, 5.74) is 4.48. The SMILES string of the molecule is Cc1cc(C)c(COc2ccc(F)cc2B(O)O)c(C)c1. The lowest BCUT2D eigenvalue weighted by atomic mass is 9.79. The van der Waals surface area contributed by atoms with Gasteiger partial charge >= 0.3 is 7.12 Å². The van der Waals surface area contributed by atoms with Crippen LogP contribution < -0.4 is 10.2 Å². The van der Waals surface area contributed by atoms with Crippen molar-refractivity contribution in [3.63, 3.8) is 0 Å². The molecule has 0 saturated heterocycles. The number of hydrogen-bond donors (Lipinski definition) is 2. The molecule has 0 radical (unpaired) electrons. The van der Waals surface area contributed by atoms with Crippen LogP contribution in [0.2, 0.25) is 0 Å². The molecule has 3 nitrogen and oxygen atoms in total. The van der Waals surface area contributed by atoms with Gasteiger partial charge in [-0.25, -0.2) is 4.39 Å². The van der Waals surface area contributed by atoms with E-state index in [1.165, 1.54) is 17.7 Å². The van der Waals surface area contributed by atoms with E-state index in [1.54, 1.807) is 0 Å². The Labute approximate surface area is 124 Å². The van der Waals surface area contributed by atoms with Gasteiger partial charge in [-0.3, -0.25) is 0 Å². The maximum atomic E-state index is 13.2. The molecule has 0 aromatic heterocycles. The highest BCUT2D eigenvalue weighted by Crippen LogP contribution is 2.19. The Balaban J connectivity index is 2.25. The van der Waals surface area contributed by atoms with Gasteiger partial charge < -0.3 is 14.8 Å². The maximum Gasteiger partial charge on any atom is 0.492 e. The molecular formula is C16H18BFO3. The van der Waals surface area contributed by atoms with Gasteiger partial charge in [0, 0.05) is 5.46 Å². The fourth-order valence-electron chi connectivity index (χ4n) is 2.44. The lowest BCUT2D eigenvalue weighted by Crippen LogP contribution is -2.31. The van der Waals surface area contributed by atoms with E-state index in [1.807, 2.05) is 20.8 Å². The summed E-state index contributed by atoms with van der Waals surface area (Å²) in [6.45, 7) is 6.34. The topological polar surface area (TPSA) is 49.7 Å². The van der Waals surface area contributed by atoms with Crippen LogP contribution in [-0.2, 0) is 6.61 Å². The molecule has 0 spiro atoms. The van der Waals surface area contributed by atoms with Crippen LogP contribution in [-0.4, -0.2) is 17.2 Å². The molecule has 0 amide bonds. The fourth-order valence-corrected chi connectivity index (χ4v) is 2.44. The molecular weight excluding hydrogens is 270 g/mol. The normalized spacial score (nSPS) is 10.6. The minimum atomic E-state index is -1.77. The second-order valence-corrected chi connectivity index (χ2v) is 5.22. The molecule has 0 unspecified atom stereocenters. The second-order valence-electron chi connectivity index (χ2n) is 5.22. The fraction of sp³-hybridized carbons (Fsp3) is 0.250. The molecule has 21 heavy (non-hydrogen) atoms. The van der Waals surface area contributed by atoms with Gasteiger partial charge in [-0.05, 0) is 55.7 Å². The first-order chi connectivity index (χ1) is 9.88. The number of halogens is 1. The Morgan fingerprint density at radius 1 is 1.05 bits per heavy atom. The van der Waals surface area contributed by atoms with Gasteiger partial charge in [-0.15, -0.1) is 0 Å². The van der Waals surface area contributed by atoms with Crippen molar-refractivity contribution in [2.24, 2.45) is 0 Å². The zero-order valence-corrected chi connectivity index (χ0v) is 12.4. The molecule has 2 N–H and O–H groups in total. The van der Waals surface area contributed by atoms with E-state index in [0.29, 0.717) is 6.61 Å². The van der Waals surface area contributed by atoms with Gasteiger partial charge in [0.1, 0.15) is 18.2 Å². The molecule has 2 rings (SSSR count). The predicted molar refractivity (Wildman–Crippen MR) is 81.2 cm³/mol. The average molecular weight is 288 g/mol. The highest BCUT2D eigenvalue weighted by molar-refractivity contribution is 6.59. The molecule has 0 aliphatic rings. The van der Waals surface area contributed by atoms with Crippen molar-refractivity contribution in [2.75, 3.05) is 0 Å². The van der Waals surface area contributed by atoms with Gasteiger partial charge in [-0.1, -0.05) is 17.7 Å². The van der Waals surface area contributed by atoms with Crippen molar-refractivity contribution in [2.45, 2.75) is 27.4 Å². The summed E-state index contributed by atoms with van der Waals surface area (Å²) in [4.78, 5) is 0. The molecule has 0 atom stereocenters. The second kappa shape index (κ2) is 6.29. The summed E-state index contributed by atoms with van der Waals surface area (Å²) in [5.74, 6) is -0.265. The van der Waals surface area contributed by atoms with E-state index in [2.05, 4.69) is 12.1 Å². The minimum absolute atomic E-state index is 0.0254. The first-order valence-electron chi connectivity index (χ1n) is 6.73. The first kappa shape index (κ1) is 15.5. The van der Waals surface area contributed by atoms with Crippen molar-refractivity contribution >= 4 is 12.6 Å². The van der Waals surface area contributed by atoms with Crippen molar-refractivity contribution < 1.29 is 19.2 Å². The van der Waals surface area contributed by atoms with Crippen LogP contribution in [0.5, 0.6) is 5.75 Å². The molecule has 0 aliphatic carbocycles. The highest BCUT2D eigenvalue weighted by atomic mass is 19.1.